The Bertz CT molecular complexity index is 1010. The molecular weight excluding hydrogens is 376 g/mol. The number of hydrogen-bond donors (Lipinski definition) is 0. The Morgan fingerprint density at radius 1 is 1.11 bits per heavy atom. The van der Waals surface area contributed by atoms with Crippen molar-refractivity contribution in [3.05, 3.63) is 88.0 Å². The van der Waals surface area contributed by atoms with Crippen molar-refractivity contribution in [3.63, 3.8) is 0 Å². The molecule has 1 atom stereocenters. The topological polar surface area (TPSA) is 61.2 Å². The number of aryl methyl sites for hydroxylation is 1. The lowest BCUT2D eigenvalue weighted by Gasteiger charge is -2.19. The number of rotatable bonds is 6. The first-order valence-electron chi connectivity index (χ1n) is 8.94. The molecule has 0 amide bonds. The van der Waals surface area contributed by atoms with E-state index in [1.807, 2.05) is 38.1 Å². The fourth-order valence-corrected chi connectivity index (χ4v) is 3.56. The van der Waals surface area contributed by atoms with E-state index in [0.29, 0.717) is 5.56 Å². The van der Waals surface area contributed by atoms with E-state index in [4.69, 9.17) is 16.3 Å². The van der Waals surface area contributed by atoms with Crippen LogP contribution < -0.4 is 0 Å². The summed E-state index contributed by atoms with van der Waals surface area (Å²) >= 11 is 5.89. The third-order valence-corrected chi connectivity index (χ3v) is 5.07. The Morgan fingerprint density at radius 2 is 1.82 bits per heavy atom. The molecule has 144 valence electrons. The summed E-state index contributed by atoms with van der Waals surface area (Å²) in [5, 5.41) is 0.0508. The highest BCUT2D eigenvalue weighted by atomic mass is 35.5. The molecule has 0 aliphatic rings. The van der Waals surface area contributed by atoms with Crippen LogP contribution in [0.3, 0.4) is 0 Å². The molecule has 28 heavy (non-hydrogen) atoms. The van der Waals surface area contributed by atoms with Gasteiger partial charge in [-0.15, -0.1) is 0 Å². The number of ketones is 1. The first-order valence-corrected chi connectivity index (χ1v) is 9.32. The van der Waals surface area contributed by atoms with Crippen LogP contribution in [-0.2, 0) is 4.74 Å². The maximum atomic E-state index is 12.7. The van der Waals surface area contributed by atoms with Gasteiger partial charge < -0.3 is 9.30 Å². The zero-order chi connectivity index (χ0) is 20.3. The molecule has 1 aromatic carbocycles. The number of pyridine rings is 1. The molecule has 0 saturated carbocycles. The quantitative estimate of drug-likeness (QED) is 0.341. The van der Waals surface area contributed by atoms with Gasteiger partial charge in [0, 0.05) is 23.1 Å². The smallest absolute Gasteiger partial charge is 0.341 e. The van der Waals surface area contributed by atoms with E-state index in [9.17, 15) is 9.59 Å². The Labute approximate surface area is 168 Å². The van der Waals surface area contributed by atoms with Crippen LogP contribution >= 0.6 is 11.6 Å². The van der Waals surface area contributed by atoms with E-state index in [0.717, 1.165) is 17.0 Å². The van der Waals surface area contributed by atoms with Crippen LogP contribution in [0.4, 0.5) is 0 Å². The van der Waals surface area contributed by atoms with Gasteiger partial charge in [-0.1, -0.05) is 41.9 Å². The Hall–Kier alpha value is -2.92. The van der Waals surface area contributed by atoms with Crippen LogP contribution in [0, 0.1) is 13.8 Å². The molecule has 0 spiro atoms. The van der Waals surface area contributed by atoms with Crippen LogP contribution in [0.25, 0.3) is 0 Å². The summed E-state index contributed by atoms with van der Waals surface area (Å²) in [5.41, 5.74) is 3.65. The normalized spacial score (nSPS) is 11.9. The van der Waals surface area contributed by atoms with Gasteiger partial charge in [0.05, 0.1) is 11.6 Å². The molecule has 0 radical (unpaired) electrons. The van der Waals surface area contributed by atoms with Gasteiger partial charge in [0.1, 0.15) is 5.15 Å². The SMILES string of the molecule is Cc1cc(C(=O)COC(=O)c2cccnc2Cl)c(C)n1[C@H](C)c1ccccc1. The highest BCUT2D eigenvalue weighted by Crippen LogP contribution is 2.26. The zero-order valence-corrected chi connectivity index (χ0v) is 16.7. The summed E-state index contributed by atoms with van der Waals surface area (Å²) in [6.45, 7) is 5.60. The van der Waals surface area contributed by atoms with Gasteiger partial charge in [0.2, 0.25) is 5.78 Å². The summed E-state index contributed by atoms with van der Waals surface area (Å²) in [6.07, 6.45) is 1.48. The second-order valence-corrected chi connectivity index (χ2v) is 6.94. The summed E-state index contributed by atoms with van der Waals surface area (Å²) < 4.78 is 7.27. The minimum atomic E-state index is -0.669. The fourth-order valence-electron chi connectivity index (χ4n) is 3.36. The Kier molecular flexibility index (Phi) is 5.95. The number of esters is 1. The molecule has 3 aromatic rings. The van der Waals surface area contributed by atoms with E-state index in [2.05, 4.69) is 28.6 Å². The first kappa shape index (κ1) is 19.8. The average molecular weight is 397 g/mol. The van der Waals surface area contributed by atoms with Gasteiger partial charge in [-0.2, -0.15) is 0 Å². The second-order valence-electron chi connectivity index (χ2n) is 6.58. The van der Waals surface area contributed by atoms with Crippen molar-refractivity contribution in [1.82, 2.24) is 9.55 Å². The minimum absolute atomic E-state index is 0.0508. The van der Waals surface area contributed by atoms with Crippen LogP contribution in [0.2, 0.25) is 5.15 Å². The summed E-state index contributed by atoms with van der Waals surface area (Å²) in [4.78, 5) is 28.7. The standard InChI is InChI=1S/C22H21ClN2O3/c1-14-12-19(16(3)25(14)15(2)17-8-5-4-6-9-17)20(26)13-28-22(27)18-10-7-11-24-21(18)23/h4-12,15H,13H2,1-3H3/t15-/m1/s1. The molecule has 0 aliphatic carbocycles. The predicted molar refractivity (Wildman–Crippen MR) is 108 cm³/mol. The number of carbonyl (C=O) groups excluding carboxylic acids is 2. The molecule has 2 aromatic heterocycles. The number of benzene rings is 1. The lowest BCUT2D eigenvalue weighted by Crippen LogP contribution is -2.16. The van der Waals surface area contributed by atoms with Crippen LogP contribution in [0.15, 0.2) is 54.7 Å². The monoisotopic (exact) mass is 396 g/mol. The van der Waals surface area contributed by atoms with Crippen molar-refractivity contribution in [2.75, 3.05) is 6.61 Å². The molecule has 0 saturated heterocycles. The number of hydrogen-bond acceptors (Lipinski definition) is 4. The van der Waals surface area contributed by atoms with E-state index >= 15 is 0 Å². The third kappa shape index (κ3) is 3.99. The first-order chi connectivity index (χ1) is 13.4. The Balaban J connectivity index is 1.76. The Morgan fingerprint density at radius 3 is 2.50 bits per heavy atom. The predicted octanol–water partition coefficient (Wildman–Crippen LogP) is 4.80. The molecule has 3 rings (SSSR count). The largest absolute Gasteiger partial charge is 0.454 e. The lowest BCUT2D eigenvalue weighted by atomic mass is 10.1. The van der Waals surface area contributed by atoms with E-state index in [-0.39, 0.29) is 29.1 Å². The summed E-state index contributed by atoms with van der Waals surface area (Å²) in [6, 6.07) is 15.1. The molecule has 0 fully saturated rings. The van der Waals surface area contributed by atoms with Gasteiger partial charge in [0.25, 0.3) is 0 Å². The van der Waals surface area contributed by atoms with Crippen LogP contribution in [-0.4, -0.2) is 27.9 Å². The number of Topliss-reactive ketones (excluding diaryl/α,β-unsaturated/α-hetero) is 1. The highest BCUT2D eigenvalue weighted by Gasteiger charge is 2.21. The van der Waals surface area contributed by atoms with Crippen molar-refractivity contribution >= 4 is 23.4 Å². The van der Waals surface area contributed by atoms with Gasteiger partial charge in [-0.3, -0.25) is 4.79 Å². The van der Waals surface area contributed by atoms with Gasteiger partial charge in [0.15, 0.2) is 6.61 Å². The van der Waals surface area contributed by atoms with Crippen molar-refractivity contribution < 1.29 is 14.3 Å². The highest BCUT2D eigenvalue weighted by molar-refractivity contribution is 6.32. The summed E-state index contributed by atoms with van der Waals surface area (Å²) in [5.74, 6) is -0.925. The fraction of sp³-hybridized carbons (Fsp3) is 0.227. The van der Waals surface area contributed by atoms with E-state index < -0.39 is 5.97 Å². The zero-order valence-electron chi connectivity index (χ0n) is 16.0. The van der Waals surface area contributed by atoms with E-state index in [1.54, 1.807) is 6.07 Å². The molecule has 0 aliphatic heterocycles. The van der Waals surface area contributed by atoms with Gasteiger partial charge in [-0.05, 0) is 44.5 Å². The molecule has 0 bridgehead atoms. The maximum Gasteiger partial charge on any atom is 0.341 e. The van der Waals surface area contributed by atoms with Crippen molar-refractivity contribution in [2.45, 2.75) is 26.8 Å². The molecule has 6 heteroatoms. The van der Waals surface area contributed by atoms with Crippen LogP contribution in [0.5, 0.6) is 0 Å². The molecule has 2 heterocycles. The molecule has 5 nitrogen and oxygen atoms in total. The number of aromatic nitrogens is 2. The van der Waals surface area contributed by atoms with Crippen molar-refractivity contribution in [3.8, 4) is 0 Å². The second kappa shape index (κ2) is 8.40. The van der Waals surface area contributed by atoms with Gasteiger partial charge in [-0.25, -0.2) is 9.78 Å². The summed E-state index contributed by atoms with van der Waals surface area (Å²) in [7, 11) is 0. The maximum absolute atomic E-state index is 12.7. The molecule has 0 N–H and O–H groups in total. The third-order valence-electron chi connectivity index (χ3n) is 4.77. The minimum Gasteiger partial charge on any atom is -0.454 e. The molecular formula is C22H21ClN2O3. The number of halogens is 1. The van der Waals surface area contributed by atoms with Gasteiger partial charge >= 0.3 is 5.97 Å². The van der Waals surface area contributed by atoms with Crippen molar-refractivity contribution in [1.29, 1.82) is 0 Å². The number of ether oxygens (including phenoxy) is 1. The number of carbonyl (C=O) groups is 2. The molecule has 0 unspecified atom stereocenters. The lowest BCUT2D eigenvalue weighted by molar-refractivity contribution is 0.0474. The number of nitrogens with zero attached hydrogens (tertiary/aromatic N) is 2. The van der Waals surface area contributed by atoms with Crippen molar-refractivity contribution in [2.24, 2.45) is 0 Å². The average Bonchev–Trinajstić information content (AvgIpc) is 3.00. The van der Waals surface area contributed by atoms with E-state index in [1.165, 1.54) is 12.3 Å². The van der Waals surface area contributed by atoms with Crippen LogP contribution in [0.1, 0.15) is 50.6 Å².